The highest BCUT2D eigenvalue weighted by Crippen LogP contribution is 2.34. The Balaban J connectivity index is 1.64. The van der Waals surface area contributed by atoms with Gasteiger partial charge in [-0.2, -0.15) is 0 Å². The molecule has 0 unspecified atom stereocenters. The van der Waals surface area contributed by atoms with Crippen molar-refractivity contribution in [2.75, 3.05) is 7.11 Å². The van der Waals surface area contributed by atoms with Gasteiger partial charge in [0.1, 0.15) is 0 Å². The number of nitrogens with zero attached hydrogens (tertiary/aromatic N) is 1. The second-order valence-corrected chi connectivity index (χ2v) is 6.71. The summed E-state index contributed by atoms with van der Waals surface area (Å²) in [6, 6.07) is 19.3. The van der Waals surface area contributed by atoms with Gasteiger partial charge in [-0.1, -0.05) is 60.7 Å². The first kappa shape index (κ1) is 17.7. The quantitative estimate of drug-likeness (QED) is 0.756. The Morgan fingerprint density at radius 3 is 2.26 bits per heavy atom. The SMILES string of the molecule is COC(=O)[C@@H]1O[C@@H]2O[C@H]1C(=O)N(Cc1ccccc1)[C@H]2Cc1ccccc1. The molecule has 2 aromatic rings. The molecule has 2 aliphatic rings. The van der Waals surface area contributed by atoms with E-state index in [0.717, 1.165) is 11.1 Å². The number of morpholine rings is 1. The molecule has 0 saturated carbocycles. The van der Waals surface area contributed by atoms with Crippen molar-refractivity contribution in [1.82, 2.24) is 4.90 Å². The highest BCUT2D eigenvalue weighted by molar-refractivity contribution is 5.90. The van der Waals surface area contributed by atoms with Crippen LogP contribution in [0.5, 0.6) is 0 Å². The number of rotatable bonds is 5. The van der Waals surface area contributed by atoms with Crippen molar-refractivity contribution in [2.24, 2.45) is 0 Å². The fourth-order valence-corrected chi connectivity index (χ4v) is 3.64. The molecule has 1 amide bonds. The van der Waals surface area contributed by atoms with E-state index < -0.39 is 24.5 Å². The first-order valence-corrected chi connectivity index (χ1v) is 8.94. The van der Waals surface area contributed by atoms with E-state index in [1.165, 1.54) is 7.11 Å². The zero-order valence-corrected chi connectivity index (χ0v) is 15.0. The molecule has 4 rings (SSSR count). The number of fused-ring (bicyclic) bond motifs is 2. The predicted octanol–water partition coefficient (Wildman–Crippen LogP) is 1.92. The Morgan fingerprint density at radius 2 is 1.63 bits per heavy atom. The number of amides is 1. The fraction of sp³-hybridized carbons (Fsp3) is 0.333. The number of carbonyl (C=O) groups is 2. The Kier molecular flexibility index (Phi) is 4.92. The third kappa shape index (κ3) is 3.46. The van der Waals surface area contributed by atoms with Crippen molar-refractivity contribution in [3.05, 3.63) is 71.8 Å². The van der Waals surface area contributed by atoms with Crippen molar-refractivity contribution in [2.45, 2.75) is 37.5 Å². The second-order valence-electron chi connectivity index (χ2n) is 6.71. The number of esters is 1. The Morgan fingerprint density at radius 1 is 1.00 bits per heavy atom. The highest BCUT2D eigenvalue weighted by atomic mass is 16.7. The van der Waals surface area contributed by atoms with Crippen LogP contribution in [0.3, 0.4) is 0 Å². The van der Waals surface area contributed by atoms with Crippen molar-refractivity contribution >= 4 is 11.9 Å². The molecule has 2 heterocycles. The lowest BCUT2D eigenvalue weighted by atomic mass is 10.0. The number of hydrogen-bond donors (Lipinski definition) is 0. The van der Waals surface area contributed by atoms with Crippen LogP contribution < -0.4 is 0 Å². The van der Waals surface area contributed by atoms with Gasteiger partial charge in [0.25, 0.3) is 5.91 Å². The van der Waals surface area contributed by atoms with Gasteiger partial charge in [-0.15, -0.1) is 0 Å². The molecule has 0 aromatic heterocycles. The summed E-state index contributed by atoms with van der Waals surface area (Å²) in [7, 11) is 1.28. The topological polar surface area (TPSA) is 65.1 Å². The maximum Gasteiger partial charge on any atom is 0.338 e. The first-order valence-electron chi connectivity index (χ1n) is 8.94. The average Bonchev–Trinajstić information content (AvgIpc) is 3.12. The number of benzene rings is 2. The molecular weight excluding hydrogens is 346 g/mol. The van der Waals surface area contributed by atoms with Crippen LogP contribution in [0.25, 0.3) is 0 Å². The minimum absolute atomic E-state index is 0.246. The van der Waals surface area contributed by atoms with Crippen LogP contribution in [0.15, 0.2) is 60.7 Å². The van der Waals surface area contributed by atoms with Crippen LogP contribution in [-0.4, -0.2) is 48.4 Å². The van der Waals surface area contributed by atoms with E-state index in [1.807, 2.05) is 60.7 Å². The summed E-state index contributed by atoms with van der Waals surface area (Å²) in [6.07, 6.45) is -2.07. The van der Waals surface area contributed by atoms with Crippen LogP contribution in [0.1, 0.15) is 11.1 Å². The molecule has 2 aliphatic heterocycles. The molecule has 6 nitrogen and oxygen atoms in total. The molecule has 4 atom stereocenters. The van der Waals surface area contributed by atoms with Gasteiger partial charge in [-0.25, -0.2) is 4.79 Å². The first-order chi connectivity index (χ1) is 13.2. The van der Waals surface area contributed by atoms with E-state index in [1.54, 1.807) is 4.90 Å². The summed E-state index contributed by atoms with van der Waals surface area (Å²) in [5.74, 6) is -0.834. The number of methoxy groups -OCH3 is 1. The largest absolute Gasteiger partial charge is 0.467 e. The van der Waals surface area contributed by atoms with Gasteiger partial charge in [0, 0.05) is 6.54 Å². The third-order valence-electron chi connectivity index (χ3n) is 4.99. The zero-order chi connectivity index (χ0) is 18.8. The van der Waals surface area contributed by atoms with Gasteiger partial charge < -0.3 is 19.1 Å². The minimum atomic E-state index is -1.02. The molecule has 0 radical (unpaired) electrons. The van der Waals surface area contributed by atoms with Crippen molar-refractivity contribution < 1.29 is 23.8 Å². The molecule has 0 spiro atoms. The van der Waals surface area contributed by atoms with Gasteiger partial charge in [0.2, 0.25) is 0 Å². The van der Waals surface area contributed by atoms with E-state index in [-0.39, 0.29) is 11.9 Å². The molecule has 140 valence electrons. The van der Waals surface area contributed by atoms with Crippen molar-refractivity contribution in [3.63, 3.8) is 0 Å². The maximum absolute atomic E-state index is 13.1. The van der Waals surface area contributed by atoms with Crippen LogP contribution in [-0.2, 0) is 36.8 Å². The van der Waals surface area contributed by atoms with Gasteiger partial charge in [0.15, 0.2) is 18.5 Å². The Bertz CT molecular complexity index is 810. The van der Waals surface area contributed by atoms with Crippen LogP contribution >= 0.6 is 0 Å². The highest BCUT2D eigenvalue weighted by Gasteiger charge is 2.55. The lowest BCUT2D eigenvalue weighted by molar-refractivity contribution is -0.177. The standard InChI is InChI=1S/C21H21NO5/c1-25-20(24)18-17-19(23)22(13-15-10-6-3-7-11-15)16(21(26-17)27-18)12-14-8-4-2-5-9-14/h2-11,16-18,21H,12-13H2,1H3/t16-,17+,18+,21-/m0/s1. The van der Waals surface area contributed by atoms with Crippen molar-refractivity contribution in [3.8, 4) is 0 Å². The molecule has 2 fully saturated rings. The van der Waals surface area contributed by atoms with Gasteiger partial charge >= 0.3 is 5.97 Å². The summed E-state index contributed by atoms with van der Waals surface area (Å²) in [6.45, 7) is 0.435. The smallest absolute Gasteiger partial charge is 0.338 e. The van der Waals surface area contributed by atoms with E-state index in [2.05, 4.69) is 0 Å². The summed E-state index contributed by atoms with van der Waals surface area (Å²) in [4.78, 5) is 26.9. The lowest BCUT2D eigenvalue weighted by Gasteiger charge is -2.38. The number of hydrogen-bond acceptors (Lipinski definition) is 5. The van der Waals surface area contributed by atoms with Gasteiger partial charge in [-0.05, 0) is 17.5 Å². The van der Waals surface area contributed by atoms with Crippen LogP contribution in [0, 0.1) is 0 Å². The van der Waals surface area contributed by atoms with Gasteiger partial charge in [-0.3, -0.25) is 4.79 Å². The minimum Gasteiger partial charge on any atom is -0.467 e. The summed E-state index contributed by atoms with van der Waals surface area (Å²) in [5.41, 5.74) is 2.08. The summed E-state index contributed by atoms with van der Waals surface area (Å²) in [5, 5.41) is 0. The molecule has 27 heavy (non-hydrogen) atoms. The third-order valence-corrected chi connectivity index (χ3v) is 4.99. The Labute approximate surface area is 157 Å². The molecule has 2 aromatic carbocycles. The van der Waals surface area contributed by atoms with Crippen LogP contribution in [0.4, 0.5) is 0 Å². The molecule has 2 saturated heterocycles. The van der Waals surface area contributed by atoms with Crippen LogP contribution in [0.2, 0.25) is 0 Å². The van der Waals surface area contributed by atoms with E-state index in [0.29, 0.717) is 13.0 Å². The van der Waals surface area contributed by atoms with Crippen molar-refractivity contribution in [1.29, 1.82) is 0 Å². The second kappa shape index (κ2) is 7.50. The van der Waals surface area contributed by atoms with E-state index in [9.17, 15) is 9.59 Å². The predicted molar refractivity (Wildman–Crippen MR) is 96.5 cm³/mol. The Hall–Kier alpha value is -2.70. The zero-order valence-electron chi connectivity index (χ0n) is 15.0. The molecule has 0 aliphatic carbocycles. The monoisotopic (exact) mass is 367 g/mol. The summed E-state index contributed by atoms with van der Waals surface area (Å²) >= 11 is 0. The van der Waals surface area contributed by atoms with E-state index >= 15 is 0 Å². The molecule has 0 N–H and O–H groups in total. The molecular formula is C21H21NO5. The normalized spacial score (nSPS) is 26.9. The molecule has 6 heteroatoms. The fourth-order valence-electron chi connectivity index (χ4n) is 3.64. The number of carbonyl (C=O) groups excluding carboxylic acids is 2. The maximum atomic E-state index is 13.1. The number of ether oxygens (including phenoxy) is 3. The van der Waals surface area contributed by atoms with Gasteiger partial charge in [0.05, 0.1) is 13.2 Å². The van der Waals surface area contributed by atoms with E-state index in [4.69, 9.17) is 14.2 Å². The summed E-state index contributed by atoms with van der Waals surface area (Å²) < 4.78 is 16.4. The average molecular weight is 367 g/mol. The molecule has 2 bridgehead atoms. The lowest BCUT2D eigenvalue weighted by Crippen LogP contribution is -2.56.